The quantitative estimate of drug-likeness (QED) is 0.778. The molecule has 1 aromatic carbocycles. The molecule has 76 valence electrons. The maximum atomic E-state index is 5.93. The van der Waals surface area contributed by atoms with E-state index in [4.69, 9.17) is 15.2 Å². The van der Waals surface area contributed by atoms with E-state index in [1.807, 2.05) is 19.1 Å². The molecule has 1 aromatic rings. The van der Waals surface area contributed by atoms with Crippen LogP contribution in [0, 0.1) is 0 Å². The molecule has 1 atom stereocenters. The van der Waals surface area contributed by atoms with E-state index >= 15 is 0 Å². The second-order valence-corrected chi connectivity index (χ2v) is 3.60. The predicted molar refractivity (Wildman–Crippen MR) is 54.1 cm³/mol. The molecular formula is C11H15NO2. The van der Waals surface area contributed by atoms with E-state index in [1.165, 1.54) is 11.1 Å². The fourth-order valence-corrected chi connectivity index (χ4v) is 1.93. The van der Waals surface area contributed by atoms with Crippen molar-refractivity contribution in [3.8, 4) is 5.75 Å². The van der Waals surface area contributed by atoms with Crippen molar-refractivity contribution in [2.45, 2.75) is 26.2 Å². The van der Waals surface area contributed by atoms with Gasteiger partial charge in [0.05, 0.1) is 20.3 Å². The summed E-state index contributed by atoms with van der Waals surface area (Å²) in [5, 5.41) is 0. The first kappa shape index (κ1) is 9.49. The number of methoxy groups -OCH3 is 1. The molecule has 0 spiro atoms. The van der Waals surface area contributed by atoms with Gasteiger partial charge < -0.3 is 15.2 Å². The van der Waals surface area contributed by atoms with Gasteiger partial charge in [0.1, 0.15) is 5.75 Å². The third-order valence-corrected chi connectivity index (χ3v) is 2.59. The zero-order valence-electron chi connectivity index (χ0n) is 8.54. The fraction of sp³-hybridized carbons (Fsp3) is 0.455. The fourth-order valence-electron chi connectivity index (χ4n) is 1.93. The van der Waals surface area contributed by atoms with Crippen LogP contribution in [0.2, 0.25) is 0 Å². The molecule has 0 aliphatic carbocycles. The summed E-state index contributed by atoms with van der Waals surface area (Å²) in [7, 11) is 1.67. The zero-order chi connectivity index (χ0) is 10.1. The Morgan fingerprint density at radius 1 is 1.43 bits per heavy atom. The molecule has 0 bridgehead atoms. The van der Waals surface area contributed by atoms with Crippen molar-refractivity contribution in [2.75, 3.05) is 7.11 Å². The summed E-state index contributed by atoms with van der Waals surface area (Å²) >= 11 is 0. The van der Waals surface area contributed by atoms with Crippen LogP contribution < -0.4 is 10.5 Å². The number of hydrogen-bond donors (Lipinski definition) is 1. The Bertz CT molecular complexity index is 347. The van der Waals surface area contributed by atoms with Gasteiger partial charge in [0.15, 0.2) is 0 Å². The highest BCUT2D eigenvalue weighted by Crippen LogP contribution is 2.33. The third-order valence-electron chi connectivity index (χ3n) is 2.59. The van der Waals surface area contributed by atoms with E-state index in [0.717, 1.165) is 11.3 Å². The average Bonchev–Trinajstić information content (AvgIpc) is 2.62. The molecule has 1 aliphatic heterocycles. The molecule has 3 nitrogen and oxygen atoms in total. The van der Waals surface area contributed by atoms with Crippen molar-refractivity contribution in [1.82, 2.24) is 0 Å². The molecule has 0 amide bonds. The van der Waals surface area contributed by atoms with E-state index in [-0.39, 0.29) is 6.04 Å². The monoisotopic (exact) mass is 193 g/mol. The summed E-state index contributed by atoms with van der Waals surface area (Å²) in [5.74, 6) is 0.865. The van der Waals surface area contributed by atoms with Crippen LogP contribution in [0.4, 0.5) is 0 Å². The normalized spacial score (nSPS) is 16.5. The average molecular weight is 193 g/mol. The minimum absolute atomic E-state index is 0.0124. The van der Waals surface area contributed by atoms with Crippen LogP contribution in [0.5, 0.6) is 5.75 Å². The van der Waals surface area contributed by atoms with E-state index in [2.05, 4.69) is 0 Å². The van der Waals surface area contributed by atoms with Crippen molar-refractivity contribution in [3.63, 3.8) is 0 Å². The molecule has 14 heavy (non-hydrogen) atoms. The molecule has 0 aromatic heterocycles. The SMILES string of the molecule is COc1ccc2c(c1C(C)N)COC2. The van der Waals surface area contributed by atoms with Gasteiger partial charge in [0.2, 0.25) is 0 Å². The lowest BCUT2D eigenvalue weighted by atomic mass is 9.98. The highest BCUT2D eigenvalue weighted by molar-refractivity contribution is 5.47. The number of benzene rings is 1. The van der Waals surface area contributed by atoms with Crippen molar-refractivity contribution in [1.29, 1.82) is 0 Å². The van der Waals surface area contributed by atoms with Crippen LogP contribution in [-0.2, 0) is 18.0 Å². The summed E-state index contributed by atoms with van der Waals surface area (Å²) < 4.78 is 10.7. The first-order valence-corrected chi connectivity index (χ1v) is 4.76. The highest BCUT2D eigenvalue weighted by Gasteiger charge is 2.20. The lowest BCUT2D eigenvalue weighted by molar-refractivity contribution is 0.134. The maximum absolute atomic E-state index is 5.93. The number of hydrogen-bond acceptors (Lipinski definition) is 3. The molecule has 1 heterocycles. The van der Waals surface area contributed by atoms with Crippen LogP contribution in [0.15, 0.2) is 12.1 Å². The second-order valence-electron chi connectivity index (χ2n) is 3.60. The van der Waals surface area contributed by atoms with Gasteiger partial charge in [-0.05, 0) is 24.1 Å². The molecule has 0 saturated carbocycles. The van der Waals surface area contributed by atoms with Crippen LogP contribution >= 0.6 is 0 Å². The Balaban J connectivity index is 2.56. The number of ether oxygens (including phenoxy) is 2. The molecule has 1 unspecified atom stereocenters. The van der Waals surface area contributed by atoms with Gasteiger partial charge in [0.25, 0.3) is 0 Å². The molecule has 1 aliphatic rings. The summed E-state index contributed by atoms with van der Waals surface area (Å²) in [4.78, 5) is 0. The molecule has 0 saturated heterocycles. The van der Waals surface area contributed by atoms with Crippen molar-refractivity contribution in [2.24, 2.45) is 5.73 Å². The Kier molecular flexibility index (Phi) is 2.44. The van der Waals surface area contributed by atoms with Crippen LogP contribution in [-0.4, -0.2) is 7.11 Å². The Labute approximate surface area is 83.8 Å². The number of rotatable bonds is 2. The molecule has 2 N–H and O–H groups in total. The lowest BCUT2D eigenvalue weighted by Crippen LogP contribution is -2.10. The Morgan fingerprint density at radius 3 is 2.86 bits per heavy atom. The molecule has 0 fully saturated rings. The minimum Gasteiger partial charge on any atom is -0.496 e. The van der Waals surface area contributed by atoms with E-state index in [0.29, 0.717) is 13.2 Å². The molecule has 0 radical (unpaired) electrons. The summed E-state index contributed by atoms with van der Waals surface area (Å²) in [6, 6.07) is 4.00. The summed E-state index contributed by atoms with van der Waals surface area (Å²) in [6.45, 7) is 3.32. The topological polar surface area (TPSA) is 44.5 Å². The van der Waals surface area contributed by atoms with Crippen LogP contribution in [0.3, 0.4) is 0 Å². The molecule has 2 rings (SSSR count). The van der Waals surface area contributed by atoms with E-state index in [9.17, 15) is 0 Å². The van der Waals surface area contributed by atoms with Gasteiger partial charge in [0, 0.05) is 11.6 Å². The van der Waals surface area contributed by atoms with Crippen molar-refractivity contribution in [3.05, 3.63) is 28.8 Å². The smallest absolute Gasteiger partial charge is 0.124 e. The largest absolute Gasteiger partial charge is 0.496 e. The lowest BCUT2D eigenvalue weighted by Gasteiger charge is -2.15. The standard InChI is InChI=1S/C11H15NO2/c1-7(12)11-9-6-14-5-8(9)3-4-10(11)13-2/h3-4,7H,5-6,12H2,1-2H3. The molecular weight excluding hydrogens is 178 g/mol. The predicted octanol–water partition coefficient (Wildman–Crippen LogP) is 1.75. The van der Waals surface area contributed by atoms with Gasteiger partial charge in [-0.15, -0.1) is 0 Å². The van der Waals surface area contributed by atoms with Crippen molar-refractivity contribution >= 4 is 0 Å². The maximum Gasteiger partial charge on any atom is 0.124 e. The zero-order valence-corrected chi connectivity index (χ0v) is 8.54. The number of nitrogens with two attached hydrogens (primary N) is 1. The van der Waals surface area contributed by atoms with Gasteiger partial charge >= 0.3 is 0 Å². The first-order chi connectivity index (χ1) is 6.74. The Morgan fingerprint density at radius 2 is 2.21 bits per heavy atom. The number of fused-ring (bicyclic) bond motifs is 1. The summed E-state index contributed by atoms with van der Waals surface area (Å²) in [6.07, 6.45) is 0. The molecule has 3 heteroatoms. The van der Waals surface area contributed by atoms with Gasteiger partial charge in [-0.25, -0.2) is 0 Å². The Hall–Kier alpha value is -1.06. The minimum atomic E-state index is -0.0124. The van der Waals surface area contributed by atoms with E-state index in [1.54, 1.807) is 7.11 Å². The van der Waals surface area contributed by atoms with Gasteiger partial charge in [-0.3, -0.25) is 0 Å². The second kappa shape index (κ2) is 3.59. The van der Waals surface area contributed by atoms with Crippen LogP contribution in [0.25, 0.3) is 0 Å². The van der Waals surface area contributed by atoms with Crippen LogP contribution in [0.1, 0.15) is 29.7 Å². The van der Waals surface area contributed by atoms with Gasteiger partial charge in [-0.2, -0.15) is 0 Å². The summed E-state index contributed by atoms with van der Waals surface area (Å²) in [5.41, 5.74) is 9.46. The van der Waals surface area contributed by atoms with Gasteiger partial charge in [-0.1, -0.05) is 6.07 Å². The third kappa shape index (κ3) is 1.38. The first-order valence-electron chi connectivity index (χ1n) is 4.76. The van der Waals surface area contributed by atoms with Crippen molar-refractivity contribution < 1.29 is 9.47 Å². The highest BCUT2D eigenvalue weighted by atomic mass is 16.5. The van der Waals surface area contributed by atoms with E-state index < -0.39 is 0 Å².